The molecule has 0 fully saturated rings. The number of hydrogen-bond acceptors (Lipinski definition) is 2. The average Bonchev–Trinajstić information content (AvgIpc) is 2.27. The molecule has 0 saturated heterocycles. The molecule has 17 heavy (non-hydrogen) atoms. The van der Waals surface area contributed by atoms with Crippen LogP contribution in [-0.4, -0.2) is 0 Å². The fourth-order valence-corrected chi connectivity index (χ4v) is 2.51. The second-order valence-electron chi connectivity index (χ2n) is 3.82. The third-order valence-electron chi connectivity index (χ3n) is 2.48. The zero-order valence-corrected chi connectivity index (χ0v) is 12.2. The number of nitrogens with one attached hydrogen (secondary N) is 1. The monoisotopic (exact) mass is 358 g/mol. The first-order valence-electron chi connectivity index (χ1n) is 5.14. The summed E-state index contributed by atoms with van der Waals surface area (Å²) >= 11 is 8.17. The lowest BCUT2D eigenvalue weighted by Crippen LogP contribution is -1.95. The number of aryl methyl sites for hydroxylation is 1. The van der Waals surface area contributed by atoms with Crippen LogP contribution in [0.2, 0.25) is 5.02 Å². The minimum absolute atomic E-state index is 0.744. The summed E-state index contributed by atoms with van der Waals surface area (Å²) in [5.74, 6) is 0. The lowest BCUT2D eigenvalue weighted by Gasteiger charge is -2.10. The predicted molar refractivity (Wildman–Crippen MR) is 83.0 cm³/mol. The molecule has 2 nitrogen and oxygen atoms in total. The van der Waals surface area contributed by atoms with Crippen LogP contribution in [0.1, 0.15) is 5.56 Å². The van der Waals surface area contributed by atoms with E-state index in [1.165, 1.54) is 0 Å². The summed E-state index contributed by atoms with van der Waals surface area (Å²) in [6.45, 7) is 1.99. The molecule has 0 amide bonds. The van der Waals surface area contributed by atoms with Crippen LogP contribution in [0.4, 0.5) is 17.1 Å². The molecule has 2 aromatic carbocycles. The number of nitrogens with two attached hydrogens (primary N) is 1. The van der Waals surface area contributed by atoms with Gasteiger partial charge in [-0.1, -0.05) is 11.6 Å². The number of halogens is 2. The van der Waals surface area contributed by atoms with Gasteiger partial charge in [0.05, 0.1) is 5.69 Å². The molecular formula is C13H12ClIN2. The maximum absolute atomic E-state index is 5.92. The predicted octanol–water partition coefficient (Wildman–Crippen LogP) is 4.58. The highest BCUT2D eigenvalue weighted by molar-refractivity contribution is 14.1. The summed E-state index contributed by atoms with van der Waals surface area (Å²) in [7, 11) is 0. The topological polar surface area (TPSA) is 38.0 Å². The van der Waals surface area contributed by atoms with Gasteiger partial charge in [-0.2, -0.15) is 0 Å². The normalized spacial score (nSPS) is 10.3. The van der Waals surface area contributed by atoms with E-state index < -0.39 is 0 Å². The maximum Gasteiger partial charge on any atom is 0.0520 e. The van der Waals surface area contributed by atoms with Crippen molar-refractivity contribution in [1.29, 1.82) is 0 Å². The lowest BCUT2D eigenvalue weighted by atomic mass is 10.2. The van der Waals surface area contributed by atoms with E-state index in [0.717, 1.165) is 31.2 Å². The van der Waals surface area contributed by atoms with Crippen molar-refractivity contribution in [3.8, 4) is 0 Å². The molecule has 0 aliphatic carbocycles. The molecule has 0 unspecified atom stereocenters. The van der Waals surface area contributed by atoms with E-state index in [0.29, 0.717) is 0 Å². The van der Waals surface area contributed by atoms with Gasteiger partial charge in [0.1, 0.15) is 0 Å². The minimum atomic E-state index is 0.744. The fraction of sp³-hybridized carbons (Fsp3) is 0.0769. The molecule has 0 heterocycles. The van der Waals surface area contributed by atoms with Crippen molar-refractivity contribution in [2.45, 2.75) is 6.92 Å². The Hall–Kier alpha value is -0.940. The number of rotatable bonds is 2. The van der Waals surface area contributed by atoms with Crippen molar-refractivity contribution in [2.24, 2.45) is 0 Å². The zero-order valence-electron chi connectivity index (χ0n) is 9.30. The van der Waals surface area contributed by atoms with Gasteiger partial charge in [0.2, 0.25) is 0 Å². The molecule has 0 bridgehead atoms. The molecule has 4 heteroatoms. The summed E-state index contributed by atoms with van der Waals surface area (Å²) in [5, 5.41) is 4.09. The average molecular weight is 359 g/mol. The zero-order chi connectivity index (χ0) is 12.4. The van der Waals surface area contributed by atoms with Gasteiger partial charge in [-0.3, -0.25) is 0 Å². The molecule has 0 aromatic heterocycles. The minimum Gasteiger partial charge on any atom is -0.399 e. The Balaban J connectivity index is 2.28. The van der Waals surface area contributed by atoms with E-state index in [1.54, 1.807) is 0 Å². The van der Waals surface area contributed by atoms with Gasteiger partial charge in [-0.25, -0.2) is 0 Å². The SMILES string of the molecule is Cc1cc(Nc2ccc(Cl)cc2I)ccc1N. The molecular weight excluding hydrogens is 347 g/mol. The highest BCUT2D eigenvalue weighted by Gasteiger charge is 2.02. The largest absolute Gasteiger partial charge is 0.399 e. The number of nitrogen functional groups attached to an aromatic ring is 1. The summed E-state index contributed by atoms with van der Waals surface area (Å²) in [4.78, 5) is 0. The van der Waals surface area contributed by atoms with Crippen molar-refractivity contribution in [2.75, 3.05) is 11.1 Å². The number of benzene rings is 2. The van der Waals surface area contributed by atoms with Gasteiger partial charge in [-0.05, 0) is 71.5 Å². The summed E-state index contributed by atoms with van der Waals surface area (Å²) in [5.41, 5.74) is 9.73. The highest BCUT2D eigenvalue weighted by Crippen LogP contribution is 2.26. The molecule has 0 radical (unpaired) electrons. The molecule has 88 valence electrons. The van der Waals surface area contributed by atoms with Crippen molar-refractivity contribution < 1.29 is 0 Å². The fourth-order valence-electron chi connectivity index (χ4n) is 1.50. The number of anilines is 3. The Morgan fingerprint density at radius 2 is 1.94 bits per heavy atom. The van der Waals surface area contributed by atoms with Gasteiger partial charge in [0.15, 0.2) is 0 Å². The van der Waals surface area contributed by atoms with Gasteiger partial charge >= 0.3 is 0 Å². The first-order valence-corrected chi connectivity index (χ1v) is 6.60. The smallest absolute Gasteiger partial charge is 0.0520 e. The van der Waals surface area contributed by atoms with Crippen LogP contribution < -0.4 is 11.1 Å². The third-order valence-corrected chi connectivity index (χ3v) is 3.61. The lowest BCUT2D eigenvalue weighted by molar-refractivity contribution is 1.44. The van der Waals surface area contributed by atoms with Crippen molar-refractivity contribution >= 4 is 51.3 Å². The second kappa shape index (κ2) is 5.14. The quantitative estimate of drug-likeness (QED) is 0.609. The molecule has 0 saturated carbocycles. The van der Waals surface area contributed by atoms with Crippen LogP contribution in [0, 0.1) is 10.5 Å². The molecule has 0 aliphatic rings. The Morgan fingerprint density at radius 3 is 2.59 bits per heavy atom. The summed E-state index contributed by atoms with van der Waals surface area (Å²) in [6.07, 6.45) is 0. The van der Waals surface area contributed by atoms with Crippen molar-refractivity contribution in [1.82, 2.24) is 0 Å². The molecule has 0 spiro atoms. The summed E-state index contributed by atoms with van der Waals surface area (Å²) < 4.78 is 1.09. The third kappa shape index (κ3) is 3.04. The van der Waals surface area contributed by atoms with Gasteiger partial charge in [0, 0.05) is 20.0 Å². The Morgan fingerprint density at radius 1 is 1.18 bits per heavy atom. The Kier molecular flexibility index (Phi) is 3.79. The highest BCUT2D eigenvalue weighted by atomic mass is 127. The molecule has 2 aromatic rings. The van der Waals surface area contributed by atoms with Crippen LogP contribution in [0.25, 0.3) is 0 Å². The van der Waals surface area contributed by atoms with Crippen molar-refractivity contribution in [3.05, 3.63) is 50.6 Å². The van der Waals surface area contributed by atoms with Crippen LogP contribution >= 0.6 is 34.2 Å². The van der Waals surface area contributed by atoms with Crippen molar-refractivity contribution in [3.63, 3.8) is 0 Å². The van der Waals surface area contributed by atoms with Crippen LogP contribution in [0.3, 0.4) is 0 Å². The van der Waals surface area contributed by atoms with Gasteiger partial charge in [-0.15, -0.1) is 0 Å². The summed E-state index contributed by atoms with van der Waals surface area (Å²) in [6, 6.07) is 11.7. The second-order valence-corrected chi connectivity index (χ2v) is 5.42. The van der Waals surface area contributed by atoms with E-state index in [1.807, 2.05) is 43.3 Å². The molecule has 2 rings (SSSR count). The van der Waals surface area contributed by atoms with E-state index in [4.69, 9.17) is 17.3 Å². The molecule has 3 N–H and O–H groups in total. The Labute approximate surface area is 119 Å². The van der Waals surface area contributed by atoms with Crippen LogP contribution in [-0.2, 0) is 0 Å². The molecule has 0 atom stereocenters. The first kappa shape index (κ1) is 12.5. The van der Waals surface area contributed by atoms with E-state index >= 15 is 0 Å². The first-order chi connectivity index (χ1) is 8.06. The number of hydrogen-bond donors (Lipinski definition) is 2. The standard InChI is InChI=1S/C13H12ClIN2/c1-8-6-10(3-4-12(8)16)17-13-5-2-9(14)7-11(13)15/h2-7,17H,16H2,1H3. The van der Waals surface area contributed by atoms with E-state index in [9.17, 15) is 0 Å². The van der Waals surface area contributed by atoms with Crippen LogP contribution in [0.15, 0.2) is 36.4 Å². The molecule has 0 aliphatic heterocycles. The van der Waals surface area contributed by atoms with Gasteiger partial charge < -0.3 is 11.1 Å². The van der Waals surface area contributed by atoms with Crippen LogP contribution in [0.5, 0.6) is 0 Å². The maximum atomic E-state index is 5.92. The van der Waals surface area contributed by atoms with E-state index in [-0.39, 0.29) is 0 Å². The Bertz CT molecular complexity index is 555. The van der Waals surface area contributed by atoms with E-state index in [2.05, 4.69) is 27.9 Å². The van der Waals surface area contributed by atoms with Gasteiger partial charge in [0.25, 0.3) is 0 Å².